The Hall–Kier alpha value is -2.54. The summed E-state index contributed by atoms with van der Waals surface area (Å²) in [4.78, 5) is 16.7. The lowest BCUT2D eigenvalue weighted by Crippen LogP contribution is -2.22. The molecule has 1 aliphatic rings. The zero-order valence-electron chi connectivity index (χ0n) is 12.0. The molecule has 0 fully saturated rings. The molecule has 1 amide bonds. The second kappa shape index (κ2) is 5.58. The summed E-state index contributed by atoms with van der Waals surface area (Å²) in [5.41, 5.74) is 2.15. The van der Waals surface area contributed by atoms with Gasteiger partial charge in [-0.25, -0.2) is 4.98 Å². The SMILES string of the molecule is O=C(NCc1cn2cc(Br)ccc2n1)c1ccc2c(c1)OCO2. The molecule has 116 valence electrons. The summed E-state index contributed by atoms with van der Waals surface area (Å²) in [5, 5.41) is 2.86. The van der Waals surface area contributed by atoms with E-state index in [0.717, 1.165) is 15.8 Å². The smallest absolute Gasteiger partial charge is 0.251 e. The number of pyridine rings is 1. The fourth-order valence-corrected chi connectivity index (χ4v) is 2.77. The van der Waals surface area contributed by atoms with Gasteiger partial charge in [-0.2, -0.15) is 0 Å². The predicted molar refractivity (Wildman–Crippen MR) is 86.6 cm³/mol. The zero-order chi connectivity index (χ0) is 15.8. The van der Waals surface area contributed by atoms with Crippen molar-refractivity contribution >= 4 is 27.5 Å². The highest BCUT2D eigenvalue weighted by molar-refractivity contribution is 9.10. The van der Waals surface area contributed by atoms with Gasteiger partial charge in [0.2, 0.25) is 6.79 Å². The van der Waals surface area contributed by atoms with E-state index in [2.05, 4.69) is 26.2 Å². The molecule has 7 heteroatoms. The molecule has 0 spiro atoms. The van der Waals surface area contributed by atoms with Crippen LogP contribution in [-0.4, -0.2) is 22.1 Å². The molecule has 0 aliphatic carbocycles. The number of rotatable bonds is 3. The molecule has 3 heterocycles. The molecule has 6 nitrogen and oxygen atoms in total. The number of carbonyl (C=O) groups is 1. The van der Waals surface area contributed by atoms with Crippen molar-refractivity contribution in [1.82, 2.24) is 14.7 Å². The van der Waals surface area contributed by atoms with Crippen LogP contribution < -0.4 is 14.8 Å². The molecule has 0 radical (unpaired) electrons. The number of imidazole rings is 1. The lowest BCUT2D eigenvalue weighted by Gasteiger charge is -2.04. The maximum Gasteiger partial charge on any atom is 0.251 e. The third-order valence-corrected chi connectivity index (χ3v) is 4.00. The van der Waals surface area contributed by atoms with Gasteiger partial charge in [0.1, 0.15) is 5.65 Å². The monoisotopic (exact) mass is 373 g/mol. The minimum absolute atomic E-state index is 0.179. The number of carbonyl (C=O) groups excluding carboxylic acids is 1. The van der Waals surface area contributed by atoms with E-state index >= 15 is 0 Å². The lowest BCUT2D eigenvalue weighted by atomic mass is 10.2. The first-order valence-corrected chi connectivity index (χ1v) is 7.79. The van der Waals surface area contributed by atoms with Gasteiger partial charge in [0.05, 0.1) is 12.2 Å². The predicted octanol–water partition coefficient (Wildman–Crippen LogP) is 2.76. The first-order chi connectivity index (χ1) is 11.2. The first kappa shape index (κ1) is 14.1. The maximum absolute atomic E-state index is 12.2. The van der Waals surface area contributed by atoms with E-state index < -0.39 is 0 Å². The summed E-state index contributed by atoms with van der Waals surface area (Å²) in [6, 6.07) is 8.96. The van der Waals surface area contributed by atoms with Gasteiger partial charge in [-0.15, -0.1) is 0 Å². The van der Waals surface area contributed by atoms with Gasteiger partial charge in [0, 0.05) is 22.4 Å². The number of halogens is 1. The largest absolute Gasteiger partial charge is 0.454 e. The molecular weight excluding hydrogens is 362 g/mol. The Morgan fingerprint density at radius 3 is 3.00 bits per heavy atom. The van der Waals surface area contributed by atoms with E-state index in [-0.39, 0.29) is 12.7 Å². The van der Waals surface area contributed by atoms with Crippen molar-refractivity contribution in [1.29, 1.82) is 0 Å². The van der Waals surface area contributed by atoms with Gasteiger partial charge < -0.3 is 19.2 Å². The first-order valence-electron chi connectivity index (χ1n) is 7.00. The maximum atomic E-state index is 12.2. The van der Waals surface area contributed by atoms with Gasteiger partial charge in [-0.1, -0.05) is 0 Å². The van der Waals surface area contributed by atoms with Gasteiger partial charge in [0.25, 0.3) is 5.91 Å². The average Bonchev–Trinajstić information content (AvgIpc) is 3.17. The minimum Gasteiger partial charge on any atom is -0.454 e. The molecule has 0 atom stereocenters. The van der Waals surface area contributed by atoms with Crippen molar-refractivity contribution in [2.75, 3.05) is 6.79 Å². The van der Waals surface area contributed by atoms with Gasteiger partial charge in [-0.05, 0) is 46.3 Å². The van der Waals surface area contributed by atoms with Crippen molar-refractivity contribution in [3.8, 4) is 11.5 Å². The Morgan fingerprint density at radius 2 is 2.09 bits per heavy atom. The van der Waals surface area contributed by atoms with E-state index in [0.29, 0.717) is 23.6 Å². The molecule has 4 rings (SSSR count). The standard InChI is InChI=1S/C16H12BrN3O3/c17-11-2-4-15-19-12(8-20(15)7-11)6-18-16(21)10-1-3-13-14(5-10)23-9-22-13/h1-5,7-8H,6,9H2,(H,18,21). The topological polar surface area (TPSA) is 64.9 Å². The number of ether oxygens (including phenoxy) is 2. The number of hydrogen-bond acceptors (Lipinski definition) is 4. The lowest BCUT2D eigenvalue weighted by molar-refractivity contribution is 0.0950. The van der Waals surface area contributed by atoms with Crippen LogP contribution in [0.25, 0.3) is 5.65 Å². The molecule has 23 heavy (non-hydrogen) atoms. The molecule has 0 bridgehead atoms. The number of aromatic nitrogens is 2. The Labute approximate surface area is 140 Å². The second-order valence-corrected chi connectivity index (χ2v) is 6.01. The van der Waals surface area contributed by atoms with E-state index in [1.807, 2.05) is 28.9 Å². The van der Waals surface area contributed by atoms with Gasteiger partial charge in [0.15, 0.2) is 11.5 Å². The van der Waals surface area contributed by atoms with Crippen LogP contribution >= 0.6 is 15.9 Å². The highest BCUT2D eigenvalue weighted by Gasteiger charge is 2.16. The second-order valence-electron chi connectivity index (χ2n) is 5.10. The van der Waals surface area contributed by atoms with Gasteiger partial charge >= 0.3 is 0 Å². The quantitative estimate of drug-likeness (QED) is 0.766. The molecule has 0 saturated carbocycles. The van der Waals surface area contributed by atoms with Crippen LogP contribution in [-0.2, 0) is 6.54 Å². The Balaban J connectivity index is 1.48. The van der Waals surface area contributed by atoms with Crippen molar-refractivity contribution < 1.29 is 14.3 Å². The summed E-state index contributed by atoms with van der Waals surface area (Å²) in [6.45, 7) is 0.545. The normalized spacial score (nSPS) is 12.6. The number of nitrogens with zero attached hydrogens (tertiary/aromatic N) is 2. The molecular formula is C16H12BrN3O3. The summed E-state index contributed by atoms with van der Waals surface area (Å²) in [5.74, 6) is 1.07. The number of benzene rings is 1. The molecule has 2 aromatic heterocycles. The van der Waals surface area contributed by atoms with Crippen LogP contribution in [0.1, 0.15) is 16.1 Å². The highest BCUT2D eigenvalue weighted by Crippen LogP contribution is 2.32. The van der Waals surface area contributed by atoms with Crippen LogP contribution in [0.2, 0.25) is 0 Å². The average molecular weight is 374 g/mol. The Morgan fingerprint density at radius 1 is 1.22 bits per heavy atom. The third-order valence-electron chi connectivity index (χ3n) is 3.53. The van der Waals surface area contributed by atoms with E-state index in [1.54, 1.807) is 18.2 Å². The molecule has 1 N–H and O–H groups in total. The number of hydrogen-bond donors (Lipinski definition) is 1. The van der Waals surface area contributed by atoms with E-state index in [1.165, 1.54) is 0 Å². The number of fused-ring (bicyclic) bond motifs is 2. The van der Waals surface area contributed by atoms with Crippen LogP contribution in [0.5, 0.6) is 11.5 Å². The van der Waals surface area contributed by atoms with Crippen LogP contribution in [0.3, 0.4) is 0 Å². The van der Waals surface area contributed by atoms with Crippen molar-refractivity contribution in [3.05, 3.63) is 58.5 Å². The zero-order valence-corrected chi connectivity index (χ0v) is 13.5. The summed E-state index contributed by atoms with van der Waals surface area (Å²) < 4.78 is 13.4. The fraction of sp³-hybridized carbons (Fsp3) is 0.125. The third kappa shape index (κ3) is 2.75. The molecule has 1 aliphatic heterocycles. The summed E-state index contributed by atoms with van der Waals surface area (Å²) >= 11 is 3.42. The van der Waals surface area contributed by atoms with Crippen molar-refractivity contribution in [2.24, 2.45) is 0 Å². The van der Waals surface area contributed by atoms with E-state index in [4.69, 9.17) is 9.47 Å². The fourth-order valence-electron chi connectivity index (χ4n) is 2.41. The number of amides is 1. The minimum atomic E-state index is -0.179. The molecule has 0 unspecified atom stereocenters. The van der Waals surface area contributed by atoms with E-state index in [9.17, 15) is 4.79 Å². The summed E-state index contributed by atoms with van der Waals surface area (Å²) in [7, 11) is 0. The van der Waals surface area contributed by atoms with Gasteiger partial charge in [-0.3, -0.25) is 4.79 Å². The van der Waals surface area contributed by atoms with Crippen LogP contribution in [0, 0.1) is 0 Å². The molecule has 0 saturated heterocycles. The molecule has 1 aromatic carbocycles. The Bertz CT molecular complexity index is 907. The van der Waals surface area contributed by atoms with Crippen LogP contribution in [0.15, 0.2) is 47.2 Å². The van der Waals surface area contributed by atoms with Crippen LogP contribution in [0.4, 0.5) is 0 Å². The highest BCUT2D eigenvalue weighted by atomic mass is 79.9. The molecule has 3 aromatic rings. The summed E-state index contributed by atoms with van der Waals surface area (Å²) in [6.07, 6.45) is 3.81. The van der Waals surface area contributed by atoms with Crippen molar-refractivity contribution in [3.63, 3.8) is 0 Å². The Kier molecular flexibility index (Phi) is 3.42. The number of nitrogens with one attached hydrogen (secondary N) is 1. The van der Waals surface area contributed by atoms with Crippen molar-refractivity contribution in [2.45, 2.75) is 6.54 Å².